The molecular formula is C16H18N2O3. The van der Waals surface area contributed by atoms with Crippen LogP contribution < -0.4 is 5.32 Å². The third-order valence-corrected chi connectivity index (χ3v) is 3.30. The first kappa shape index (κ1) is 15.0. The van der Waals surface area contributed by atoms with Crippen molar-refractivity contribution in [3.63, 3.8) is 0 Å². The van der Waals surface area contributed by atoms with Gasteiger partial charge in [-0.15, -0.1) is 0 Å². The molecule has 0 bridgehead atoms. The number of hydrogen-bond donors (Lipinski definition) is 2. The standard InChI is InChI=1S/C16H18N2O3/c1-11(5-2-9-15(19)20)18-16(21)13-6-3-8-14-12(13)7-4-10-17-14/h3-4,6-8,10-11H,2,5,9H2,1H3,(H,18,21)(H,19,20). The van der Waals surface area contributed by atoms with Crippen LogP contribution in [0, 0.1) is 0 Å². The van der Waals surface area contributed by atoms with Gasteiger partial charge < -0.3 is 10.4 Å². The zero-order valence-electron chi connectivity index (χ0n) is 11.9. The summed E-state index contributed by atoms with van der Waals surface area (Å²) in [6, 6.07) is 9.04. The number of carbonyl (C=O) groups is 2. The Kier molecular flexibility index (Phi) is 4.87. The van der Waals surface area contributed by atoms with Crippen LogP contribution in [-0.4, -0.2) is 28.0 Å². The molecule has 1 amide bonds. The van der Waals surface area contributed by atoms with Gasteiger partial charge in [-0.25, -0.2) is 0 Å². The Hall–Kier alpha value is -2.43. The predicted molar refractivity (Wildman–Crippen MR) is 80.2 cm³/mol. The Balaban J connectivity index is 2.03. The number of carboxylic acids is 1. The summed E-state index contributed by atoms with van der Waals surface area (Å²) in [5.41, 5.74) is 1.37. The van der Waals surface area contributed by atoms with E-state index >= 15 is 0 Å². The molecule has 1 aromatic heterocycles. The Morgan fingerprint density at radius 3 is 2.86 bits per heavy atom. The molecule has 1 aromatic carbocycles. The Bertz CT molecular complexity index is 650. The normalized spacial score (nSPS) is 12.0. The maximum atomic E-state index is 12.3. The number of benzene rings is 1. The van der Waals surface area contributed by atoms with Gasteiger partial charge in [0.2, 0.25) is 0 Å². The predicted octanol–water partition coefficient (Wildman–Crippen LogP) is 2.61. The molecule has 0 aliphatic carbocycles. The van der Waals surface area contributed by atoms with Gasteiger partial charge in [0, 0.05) is 29.6 Å². The van der Waals surface area contributed by atoms with Gasteiger partial charge in [0.05, 0.1) is 5.52 Å². The summed E-state index contributed by atoms with van der Waals surface area (Å²) in [5.74, 6) is -0.968. The Morgan fingerprint density at radius 2 is 2.10 bits per heavy atom. The highest BCUT2D eigenvalue weighted by Gasteiger charge is 2.13. The van der Waals surface area contributed by atoms with Gasteiger partial charge in [0.1, 0.15) is 0 Å². The number of carbonyl (C=O) groups excluding carboxylic acids is 1. The van der Waals surface area contributed by atoms with E-state index in [1.165, 1.54) is 0 Å². The van der Waals surface area contributed by atoms with Crippen molar-refractivity contribution in [1.82, 2.24) is 10.3 Å². The van der Waals surface area contributed by atoms with Gasteiger partial charge in [-0.3, -0.25) is 14.6 Å². The number of rotatable bonds is 6. The number of nitrogens with zero attached hydrogens (tertiary/aromatic N) is 1. The van der Waals surface area contributed by atoms with Gasteiger partial charge >= 0.3 is 5.97 Å². The summed E-state index contributed by atoms with van der Waals surface area (Å²) < 4.78 is 0. The van der Waals surface area contributed by atoms with Crippen molar-refractivity contribution in [2.45, 2.75) is 32.2 Å². The average Bonchev–Trinajstić information content (AvgIpc) is 2.46. The minimum atomic E-state index is -0.811. The van der Waals surface area contributed by atoms with Crippen molar-refractivity contribution in [2.75, 3.05) is 0 Å². The first-order valence-corrected chi connectivity index (χ1v) is 6.94. The van der Waals surface area contributed by atoms with Gasteiger partial charge in [-0.05, 0) is 38.0 Å². The van der Waals surface area contributed by atoms with E-state index in [1.807, 2.05) is 19.1 Å². The number of amides is 1. The molecule has 0 aliphatic rings. The van der Waals surface area contributed by atoms with Gasteiger partial charge in [-0.1, -0.05) is 12.1 Å². The van der Waals surface area contributed by atoms with Gasteiger partial charge in [0.15, 0.2) is 0 Å². The molecular weight excluding hydrogens is 268 g/mol. The second-order valence-electron chi connectivity index (χ2n) is 5.04. The third-order valence-electron chi connectivity index (χ3n) is 3.30. The van der Waals surface area contributed by atoms with E-state index in [0.717, 1.165) is 10.9 Å². The van der Waals surface area contributed by atoms with Crippen molar-refractivity contribution in [3.05, 3.63) is 42.1 Å². The number of pyridine rings is 1. The molecule has 2 N–H and O–H groups in total. The van der Waals surface area contributed by atoms with E-state index < -0.39 is 5.97 Å². The molecule has 0 spiro atoms. The van der Waals surface area contributed by atoms with Crippen molar-refractivity contribution >= 4 is 22.8 Å². The number of hydrogen-bond acceptors (Lipinski definition) is 3. The molecule has 1 heterocycles. The number of aromatic nitrogens is 1. The second kappa shape index (κ2) is 6.83. The lowest BCUT2D eigenvalue weighted by atomic mass is 10.1. The van der Waals surface area contributed by atoms with Crippen LogP contribution in [0.5, 0.6) is 0 Å². The van der Waals surface area contributed by atoms with E-state index in [9.17, 15) is 9.59 Å². The molecule has 2 aromatic rings. The Labute approximate surface area is 123 Å². The maximum Gasteiger partial charge on any atom is 0.303 e. The van der Waals surface area contributed by atoms with Crippen molar-refractivity contribution in [1.29, 1.82) is 0 Å². The Morgan fingerprint density at radius 1 is 1.29 bits per heavy atom. The van der Waals surface area contributed by atoms with Crippen LogP contribution in [-0.2, 0) is 4.79 Å². The molecule has 5 nitrogen and oxygen atoms in total. The van der Waals surface area contributed by atoms with Crippen LogP contribution in [0.25, 0.3) is 10.9 Å². The lowest BCUT2D eigenvalue weighted by Crippen LogP contribution is -2.32. The van der Waals surface area contributed by atoms with Crippen molar-refractivity contribution < 1.29 is 14.7 Å². The van der Waals surface area contributed by atoms with E-state index in [4.69, 9.17) is 5.11 Å². The van der Waals surface area contributed by atoms with Crippen LogP contribution >= 0.6 is 0 Å². The summed E-state index contributed by atoms with van der Waals surface area (Å²) >= 11 is 0. The second-order valence-corrected chi connectivity index (χ2v) is 5.04. The molecule has 21 heavy (non-hydrogen) atoms. The molecule has 5 heteroatoms. The molecule has 0 fully saturated rings. The fraction of sp³-hybridized carbons (Fsp3) is 0.312. The fourth-order valence-electron chi connectivity index (χ4n) is 2.23. The zero-order chi connectivity index (χ0) is 15.2. The zero-order valence-corrected chi connectivity index (χ0v) is 11.9. The highest BCUT2D eigenvalue weighted by Crippen LogP contribution is 2.16. The van der Waals surface area contributed by atoms with Gasteiger partial charge in [-0.2, -0.15) is 0 Å². The fourth-order valence-corrected chi connectivity index (χ4v) is 2.23. The summed E-state index contributed by atoms with van der Waals surface area (Å²) in [5, 5.41) is 12.3. The van der Waals surface area contributed by atoms with Crippen molar-refractivity contribution in [3.8, 4) is 0 Å². The van der Waals surface area contributed by atoms with Gasteiger partial charge in [0.25, 0.3) is 5.91 Å². The minimum Gasteiger partial charge on any atom is -0.481 e. The lowest BCUT2D eigenvalue weighted by molar-refractivity contribution is -0.137. The van der Waals surface area contributed by atoms with Crippen LogP contribution in [0.15, 0.2) is 36.5 Å². The van der Waals surface area contributed by atoms with E-state index in [2.05, 4.69) is 10.3 Å². The molecule has 2 rings (SSSR count). The third kappa shape index (κ3) is 4.02. The van der Waals surface area contributed by atoms with Crippen LogP contribution in [0.4, 0.5) is 0 Å². The van der Waals surface area contributed by atoms with Crippen molar-refractivity contribution in [2.24, 2.45) is 0 Å². The van der Waals surface area contributed by atoms with Crippen LogP contribution in [0.1, 0.15) is 36.5 Å². The summed E-state index contributed by atoms with van der Waals surface area (Å²) in [6.45, 7) is 1.88. The average molecular weight is 286 g/mol. The first-order valence-electron chi connectivity index (χ1n) is 6.94. The molecule has 0 saturated carbocycles. The molecule has 0 saturated heterocycles. The maximum absolute atomic E-state index is 12.3. The summed E-state index contributed by atoms with van der Waals surface area (Å²) in [4.78, 5) is 27.0. The largest absolute Gasteiger partial charge is 0.481 e. The molecule has 110 valence electrons. The number of nitrogens with one attached hydrogen (secondary N) is 1. The van der Waals surface area contributed by atoms with Crippen LogP contribution in [0.3, 0.4) is 0 Å². The highest BCUT2D eigenvalue weighted by atomic mass is 16.4. The lowest BCUT2D eigenvalue weighted by Gasteiger charge is -2.14. The summed E-state index contributed by atoms with van der Waals surface area (Å²) in [6.07, 6.45) is 3.01. The topological polar surface area (TPSA) is 79.3 Å². The molecule has 0 radical (unpaired) electrons. The molecule has 1 atom stereocenters. The van der Waals surface area contributed by atoms with E-state index in [1.54, 1.807) is 24.4 Å². The first-order chi connectivity index (χ1) is 10.1. The van der Waals surface area contributed by atoms with E-state index in [0.29, 0.717) is 18.4 Å². The monoisotopic (exact) mass is 286 g/mol. The number of carboxylic acid groups (broad SMARTS) is 1. The molecule has 0 aliphatic heterocycles. The van der Waals surface area contributed by atoms with Crippen LogP contribution in [0.2, 0.25) is 0 Å². The minimum absolute atomic E-state index is 0.0659. The SMILES string of the molecule is CC(CCCC(=O)O)NC(=O)c1cccc2ncccc12. The highest BCUT2D eigenvalue weighted by molar-refractivity contribution is 6.06. The molecule has 1 unspecified atom stereocenters. The number of aliphatic carboxylic acids is 1. The quantitative estimate of drug-likeness (QED) is 0.855. The van der Waals surface area contributed by atoms with E-state index in [-0.39, 0.29) is 18.4 Å². The summed E-state index contributed by atoms with van der Waals surface area (Å²) in [7, 11) is 0. The smallest absolute Gasteiger partial charge is 0.303 e. The number of fused-ring (bicyclic) bond motifs is 1.